The smallest absolute Gasteiger partial charge is 0.249 e. The number of aromatic nitrogens is 2. The molecule has 1 aromatic heterocycles. The molecule has 1 saturated carbocycles. The van der Waals surface area contributed by atoms with Gasteiger partial charge in [0.2, 0.25) is 11.8 Å². The maximum atomic E-state index is 6.12. The average molecular weight is 298 g/mol. The van der Waals surface area contributed by atoms with E-state index >= 15 is 0 Å². The average Bonchev–Trinajstić information content (AvgIpc) is 3.10. The quantitative estimate of drug-likeness (QED) is 0.920. The molecule has 1 heterocycles. The van der Waals surface area contributed by atoms with Crippen LogP contribution in [0.3, 0.4) is 0 Å². The standard InChI is InChI=1S/C13H13Cl2N3O/c14-10-3-1-2-9(12(10)15)13-18-17-11(19-13)6-7-16-8-4-5-8/h1-3,8,16H,4-7H2. The molecule has 0 unspecified atom stereocenters. The van der Waals surface area contributed by atoms with Crippen LogP contribution in [0, 0.1) is 0 Å². The lowest BCUT2D eigenvalue weighted by Gasteiger charge is -2.00. The van der Waals surface area contributed by atoms with Crippen molar-refractivity contribution in [3.63, 3.8) is 0 Å². The van der Waals surface area contributed by atoms with Crippen molar-refractivity contribution in [2.75, 3.05) is 6.54 Å². The van der Waals surface area contributed by atoms with Gasteiger partial charge in [0.1, 0.15) is 0 Å². The lowest BCUT2D eigenvalue weighted by molar-refractivity contribution is 0.494. The highest BCUT2D eigenvalue weighted by molar-refractivity contribution is 6.43. The Balaban J connectivity index is 1.70. The molecule has 6 heteroatoms. The fourth-order valence-electron chi connectivity index (χ4n) is 1.80. The summed E-state index contributed by atoms with van der Waals surface area (Å²) >= 11 is 12.1. The fourth-order valence-corrected chi connectivity index (χ4v) is 2.18. The normalized spacial score (nSPS) is 14.8. The van der Waals surface area contributed by atoms with E-state index in [9.17, 15) is 0 Å². The minimum Gasteiger partial charge on any atom is -0.421 e. The number of nitrogens with zero attached hydrogens (tertiary/aromatic N) is 2. The third-order valence-electron chi connectivity index (χ3n) is 3.00. The molecular weight excluding hydrogens is 285 g/mol. The summed E-state index contributed by atoms with van der Waals surface area (Å²) < 4.78 is 5.60. The second-order valence-electron chi connectivity index (χ2n) is 4.58. The summed E-state index contributed by atoms with van der Waals surface area (Å²) in [5, 5.41) is 12.4. The monoisotopic (exact) mass is 297 g/mol. The Morgan fingerprint density at radius 2 is 2.11 bits per heavy atom. The number of hydrogen-bond acceptors (Lipinski definition) is 4. The van der Waals surface area contributed by atoms with E-state index in [2.05, 4.69) is 15.5 Å². The van der Waals surface area contributed by atoms with E-state index < -0.39 is 0 Å². The van der Waals surface area contributed by atoms with Crippen molar-refractivity contribution in [3.8, 4) is 11.5 Å². The van der Waals surface area contributed by atoms with E-state index in [0.717, 1.165) is 13.0 Å². The molecule has 19 heavy (non-hydrogen) atoms. The predicted octanol–water partition coefficient (Wildman–Crippen LogP) is 3.34. The van der Waals surface area contributed by atoms with Gasteiger partial charge < -0.3 is 9.73 Å². The molecule has 0 spiro atoms. The molecule has 1 aliphatic rings. The number of rotatable bonds is 5. The first-order valence-electron chi connectivity index (χ1n) is 6.24. The molecule has 0 saturated heterocycles. The third-order valence-corrected chi connectivity index (χ3v) is 3.82. The molecule has 1 fully saturated rings. The van der Waals surface area contributed by atoms with E-state index in [-0.39, 0.29) is 0 Å². The molecule has 0 bridgehead atoms. The second kappa shape index (κ2) is 5.49. The molecule has 100 valence electrons. The summed E-state index contributed by atoms with van der Waals surface area (Å²) in [7, 11) is 0. The van der Waals surface area contributed by atoms with Crippen LogP contribution in [-0.2, 0) is 6.42 Å². The topological polar surface area (TPSA) is 51.0 Å². The molecule has 4 nitrogen and oxygen atoms in total. The zero-order valence-corrected chi connectivity index (χ0v) is 11.7. The molecule has 0 atom stereocenters. The van der Waals surface area contributed by atoms with Crippen LogP contribution in [0.1, 0.15) is 18.7 Å². The third kappa shape index (κ3) is 3.08. The van der Waals surface area contributed by atoms with Gasteiger partial charge in [-0.2, -0.15) is 0 Å². The van der Waals surface area contributed by atoms with Crippen LogP contribution in [0.2, 0.25) is 10.0 Å². The molecule has 3 rings (SSSR count). The highest BCUT2D eigenvalue weighted by Crippen LogP contribution is 2.32. The molecule has 0 aliphatic heterocycles. The number of benzene rings is 1. The summed E-state index contributed by atoms with van der Waals surface area (Å²) in [6.07, 6.45) is 3.27. The molecular formula is C13H13Cl2N3O. The lowest BCUT2D eigenvalue weighted by atomic mass is 10.2. The molecule has 1 aromatic carbocycles. The van der Waals surface area contributed by atoms with Crippen molar-refractivity contribution in [2.45, 2.75) is 25.3 Å². The Labute approximate surface area is 121 Å². The van der Waals surface area contributed by atoms with Crippen LogP contribution in [0.15, 0.2) is 22.6 Å². The Kier molecular flexibility index (Phi) is 3.73. The largest absolute Gasteiger partial charge is 0.421 e. The van der Waals surface area contributed by atoms with Gasteiger partial charge in [-0.1, -0.05) is 29.3 Å². The second-order valence-corrected chi connectivity index (χ2v) is 5.37. The maximum Gasteiger partial charge on any atom is 0.249 e. The molecule has 1 aliphatic carbocycles. The minimum absolute atomic E-state index is 0.411. The van der Waals surface area contributed by atoms with Gasteiger partial charge in [0.15, 0.2) is 0 Å². The van der Waals surface area contributed by atoms with Crippen LogP contribution in [-0.4, -0.2) is 22.8 Å². The van der Waals surface area contributed by atoms with Gasteiger partial charge in [0, 0.05) is 19.0 Å². The first-order chi connectivity index (χ1) is 9.24. The maximum absolute atomic E-state index is 6.12. The van der Waals surface area contributed by atoms with Gasteiger partial charge >= 0.3 is 0 Å². The van der Waals surface area contributed by atoms with Crippen LogP contribution in [0.25, 0.3) is 11.5 Å². The molecule has 0 radical (unpaired) electrons. The Morgan fingerprint density at radius 1 is 1.26 bits per heavy atom. The first kappa shape index (κ1) is 12.9. The fraction of sp³-hybridized carbons (Fsp3) is 0.385. The van der Waals surface area contributed by atoms with Crippen LogP contribution in [0.5, 0.6) is 0 Å². The van der Waals surface area contributed by atoms with Crippen LogP contribution >= 0.6 is 23.2 Å². The van der Waals surface area contributed by atoms with E-state index in [4.69, 9.17) is 27.6 Å². The van der Waals surface area contributed by atoms with Gasteiger partial charge in [-0.25, -0.2) is 0 Å². The van der Waals surface area contributed by atoms with Gasteiger partial charge in [0.25, 0.3) is 0 Å². The summed E-state index contributed by atoms with van der Waals surface area (Å²) in [4.78, 5) is 0. The van der Waals surface area contributed by atoms with Gasteiger partial charge in [-0.15, -0.1) is 10.2 Å². The number of hydrogen-bond donors (Lipinski definition) is 1. The van der Waals surface area contributed by atoms with Crippen LogP contribution < -0.4 is 5.32 Å². The van der Waals surface area contributed by atoms with E-state index in [0.29, 0.717) is 33.4 Å². The van der Waals surface area contributed by atoms with Crippen molar-refractivity contribution in [1.29, 1.82) is 0 Å². The van der Waals surface area contributed by atoms with Crippen molar-refractivity contribution >= 4 is 23.2 Å². The predicted molar refractivity (Wildman–Crippen MR) is 74.5 cm³/mol. The molecule has 2 aromatic rings. The van der Waals surface area contributed by atoms with Crippen molar-refractivity contribution < 1.29 is 4.42 Å². The SMILES string of the molecule is Clc1cccc(-c2nnc(CCNC3CC3)o2)c1Cl. The van der Waals surface area contributed by atoms with Crippen LogP contribution in [0.4, 0.5) is 0 Å². The lowest BCUT2D eigenvalue weighted by Crippen LogP contribution is -2.19. The number of halogens is 2. The highest BCUT2D eigenvalue weighted by atomic mass is 35.5. The van der Waals surface area contributed by atoms with Crippen molar-refractivity contribution in [3.05, 3.63) is 34.1 Å². The van der Waals surface area contributed by atoms with Gasteiger partial charge in [-0.05, 0) is 25.0 Å². The van der Waals surface area contributed by atoms with E-state index in [1.165, 1.54) is 12.8 Å². The van der Waals surface area contributed by atoms with Crippen molar-refractivity contribution in [2.24, 2.45) is 0 Å². The Bertz CT molecular complexity index is 581. The molecule has 1 N–H and O–H groups in total. The summed E-state index contributed by atoms with van der Waals surface area (Å²) in [6.45, 7) is 0.857. The molecule has 0 amide bonds. The summed E-state index contributed by atoms with van der Waals surface area (Å²) in [5.74, 6) is 1.02. The van der Waals surface area contributed by atoms with Gasteiger partial charge in [0.05, 0.1) is 15.6 Å². The zero-order chi connectivity index (χ0) is 13.2. The Morgan fingerprint density at radius 3 is 2.89 bits per heavy atom. The summed E-state index contributed by atoms with van der Waals surface area (Å²) in [6, 6.07) is 6.03. The Hall–Kier alpha value is -1.10. The highest BCUT2D eigenvalue weighted by Gasteiger charge is 2.20. The first-order valence-corrected chi connectivity index (χ1v) is 7.00. The van der Waals surface area contributed by atoms with E-state index in [1.807, 2.05) is 12.1 Å². The number of nitrogens with one attached hydrogen (secondary N) is 1. The zero-order valence-electron chi connectivity index (χ0n) is 10.2. The van der Waals surface area contributed by atoms with E-state index in [1.54, 1.807) is 6.07 Å². The minimum atomic E-state index is 0.411. The van der Waals surface area contributed by atoms with Crippen molar-refractivity contribution in [1.82, 2.24) is 15.5 Å². The summed E-state index contributed by atoms with van der Waals surface area (Å²) in [5.41, 5.74) is 0.670. The van der Waals surface area contributed by atoms with Gasteiger partial charge in [-0.3, -0.25) is 0 Å².